The lowest BCUT2D eigenvalue weighted by atomic mass is 10.1. The average Bonchev–Trinajstić information content (AvgIpc) is 3.00. The fourth-order valence-corrected chi connectivity index (χ4v) is 2.65. The second-order valence-corrected chi connectivity index (χ2v) is 4.79. The van der Waals surface area contributed by atoms with Crippen molar-refractivity contribution in [2.75, 3.05) is 0 Å². The first-order valence-electron chi connectivity index (χ1n) is 5.50. The first kappa shape index (κ1) is 10.3. The van der Waals surface area contributed by atoms with Crippen molar-refractivity contribution in [2.24, 2.45) is 0 Å². The van der Waals surface area contributed by atoms with Gasteiger partial charge in [0.15, 0.2) is 0 Å². The third kappa shape index (κ3) is 1.89. The maximum atomic E-state index is 4.67. The summed E-state index contributed by atoms with van der Waals surface area (Å²) in [6.07, 6.45) is 1.92. The molecule has 0 fully saturated rings. The van der Waals surface area contributed by atoms with Gasteiger partial charge in [-0.2, -0.15) is 0 Å². The Morgan fingerprint density at radius 1 is 1.12 bits per heavy atom. The number of nitrogens with one attached hydrogen (secondary N) is 1. The van der Waals surface area contributed by atoms with E-state index in [1.807, 2.05) is 18.3 Å². The van der Waals surface area contributed by atoms with Crippen molar-refractivity contribution in [3.8, 4) is 22.0 Å². The molecule has 2 nitrogen and oxygen atoms in total. The number of aryl methyl sites for hydroxylation is 1. The van der Waals surface area contributed by atoms with E-state index in [4.69, 9.17) is 0 Å². The van der Waals surface area contributed by atoms with Crippen molar-refractivity contribution in [3.63, 3.8) is 0 Å². The summed E-state index contributed by atoms with van der Waals surface area (Å²) in [5.74, 6) is 0. The second kappa shape index (κ2) is 4.18. The molecule has 3 aromatic rings. The summed E-state index contributed by atoms with van der Waals surface area (Å²) in [5.41, 5.74) is 4.60. The molecule has 2 aromatic heterocycles. The molecule has 0 saturated carbocycles. The third-order valence-corrected chi connectivity index (χ3v) is 3.63. The van der Waals surface area contributed by atoms with E-state index < -0.39 is 0 Å². The summed E-state index contributed by atoms with van der Waals surface area (Å²) in [5, 5.41) is 3.15. The smallest absolute Gasteiger partial charge is 0.140 e. The molecule has 0 bridgehead atoms. The SMILES string of the molecule is Cc1ccccc1-c1csc(-c2ccc[nH]2)n1. The normalized spacial score (nSPS) is 10.6. The molecule has 2 heterocycles. The highest BCUT2D eigenvalue weighted by molar-refractivity contribution is 7.13. The Morgan fingerprint density at radius 2 is 2.00 bits per heavy atom. The maximum absolute atomic E-state index is 4.67. The Balaban J connectivity index is 2.04. The molecule has 3 rings (SSSR count). The number of benzene rings is 1. The molecule has 0 atom stereocenters. The van der Waals surface area contributed by atoms with Crippen molar-refractivity contribution < 1.29 is 0 Å². The van der Waals surface area contributed by atoms with Gasteiger partial charge in [-0.25, -0.2) is 4.98 Å². The quantitative estimate of drug-likeness (QED) is 0.717. The van der Waals surface area contributed by atoms with E-state index in [-0.39, 0.29) is 0 Å². The highest BCUT2D eigenvalue weighted by Gasteiger charge is 2.08. The Morgan fingerprint density at radius 3 is 2.76 bits per heavy atom. The van der Waals surface area contributed by atoms with Crippen LogP contribution >= 0.6 is 11.3 Å². The van der Waals surface area contributed by atoms with E-state index in [2.05, 4.69) is 46.5 Å². The fourth-order valence-electron chi connectivity index (χ4n) is 1.84. The van der Waals surface area contributed by atoms with Crippen LogP contribution in [0.5, 0.6) is 0 Å². The zero-order chi connectivity index (χ0) is 11.7. The molecule has 1 aromatic carbocycles. The Bertz CT molecular complexity index is 623. The molecule has 0 unspecified atom stereocenters. The van der Waals surface area contributed by atoms with Crippen LogP contribution in [0.3, 0.4) is 0 Å². The summed E-state index contributed by atoms with van der Waals surface area (Å²) in [7, 11) is 0. The number of thiazole rings is 1. The van der Waals surface area contributed by atoms with E-state index in [0.29, 0.717) is 0 Å². The van der Waals surface area contributed by atoms with Gasteiger partial charge in [0.2, 0.25) is 0 Å². The number of rotatable bonds is 2. The first-order valence-corrected chi connectivity index (χ1v) is 6.38. The van der Waals surface area contributed by atoms with E-state index in [9.17, 15) is 0 Å². The van der Waals surface area contributed by atoms with Crippen LogP contribution in [-0.2, 0) is 0 Å². The van der Waals surface area contributed by atoms with Gasteiger partial charge in [-0.3, -0.25) is 0 Å². The largest absolute Gasteiger partial charge is 0.359 e. The zero-order valence-electron chi connectivity index (χ0n) is 9.47. The standard InChI is InChI=1S/C14H12N2S/c1-10-5-2-3-6-11(10)13-9-17-14(16-13)12-7-4-8-15-12/h2-9,15H,1H3. The van der Waals surface area contributed by atoms with Crippen molar-refractivity contribution >= 4 is 11.3 Å². The Hall–Kier alpha value is -1.87. The summed E-state index contributed by atoms with van der Waals surface area (Å²) in [4.78, 5) is 7.85. The monoisotopic (exact) mass is 240 g/mol. The molecule has 1 N–H and O–H groups in total. The molecule has 3 heteroatoms. The Labute approximate surface area is 104 Å². The van der Waals surface area contributed by atoms with Gasteiger partial charge in [0.1, 0.15) is 5.01 Å². The first-order chi connectivity index (χ1) is 8.34. The minimum Gasteiger partial charge on any atom is -0.359 e. The molecule has 0 amide bonds. The second-order valence-electron chi connectivity index (χ2n) is 3.94. The van der Waals surface area contributed by atoms with Crippen molar-refractivity contribution in [2.45, 2.75) is 6.92 Å². The van der Waals surface area contributed by atoms with Crippen molar-refractivity contribution in [1.82, 2.24) is 9.97 Å². The van der Waals surface area contributed by atoms with Crippen LogP contribution in [0.15, 0.2) is 48.0 Å². The molecule has 0 saturated heterocycles. The van der Waals surface area contributed by atoms with Crippen LogP contribution in [-0.4, -0.2) is 9.97 Å². The van der Waals surface area contributed by atoms with Gasteiger partial charge in [0.25, 0.3) is 0 Å². The lowest BCUT2D eigenvalue weighted by Gasteiger charge is -2.00. The number of H-pyrrole nitrogens is 1. The Kier molecular flexibility index (Phi) is 2.53. The number of hydrogen-bond acceptors (Lipinski definition) is 2. The van der Waals surface area contributed by atoms with Crippen LogP contribution < -0.4 is 0 Å². The third-order valence-electron chi connectivity index (χ3n) is 2.75. The molecule has 0 aliphatic heterocycles. The summed E-state index contributed by atoms with van der Waals surface area (Å²) in [6.45, 7) is 2.11. The van der Waals surface area contributed by atoms with Gasteiger partial charge in [-0.05, 0) is 24.6 Å². The summed E-state index contributed by atoms with van der Waals surface area (Å²) >= 11 is 1.67. The van der Waals surface area contributed by atoms with E-state index in [1.165, 1.54) is 11.1 Å². The zero-order valence-corrected chi connectivity index (χ0v) is 10.3. The number of aromatic nitrogens is 2. The topological polar surface area (TPSA) is 28.7 Å². The van der Waals surface area contributed by atoms with Gasteiger partial charge in [0.05, 0.1) is 11.4 Å². The van der Waals surface area contributed by atoms with Crippen LogP contribution in [0.25, 0.3) is 22.0 Å². The van der Waals surface area contributed by atoms with Gasteiger partial charge >= 0.3 is 0 Å². The van der Waals surface area contributed by atoms with Gasteiger partial charge in [0, 0.05) is 17.1 Å². The van der Waals surface area contributed by atoms with Gasteiger partial charge < -0.3 is 4.98 Å². The van der Waals surface area contributed by atoms with E-state index >= 15 is 0 Å². The van der Waals surface area contributed by atoms with Crippen molar-refractivity contribution in [3.05, 3.63) is 53.5 Å². The highest BCUT2D eigenvalue weighted by Crippen LogP contribution is 2.29. The minimum absolute atomic E-state index is 1.04. The van der Waals surface area contributed by atoms with Crippen LogP contribution in [0, 0.1) is 6.92 Å². The van der Waals surface area contributed by atoms with Gasteiger partial charge in [-0.15, -0.1) is 11.3 Å². The van der Waals surface area contributed by atoms with Gasteiger partial charge in [-0.1, -0.05) is 24.3 Å². The lowest BCUT2D eigenvalue weighted by Crippen LogP contribution is -1.83. The highest BCUT2D eigenvalue weighted by atomic mass is 32.1. The lowest BCUT2D eigenvalue weighted by molar-refractivity contribution is 1.33. The number of aromatic amines is 1. The molecule has 0 spiro atoms. The molecule has 0 aliphatic rings. The van der Waals surface area contributed by atoms with Crippen LogP contribution in [0.4, 0.5) is 0 Å². The molecular formula is C14H12N2S. The molecular weight excluding hydrogens is 228 g/mol. The average molecular weight is 240 g/mol. The summed E-state index contributed by atoms with van der Waals surface area (Å²) in [6, 6.07) is 12.4. The van der Waals surface area contributed by atoms with E-state index in [1.54, 1.807) is 11.3 Å². The number of nitrogens with zero attached hydrogens (tertiary/aromatic N) is 1. The predicted octanol–water partition coefficient (Wildman–Crippen LogP) is 4.11. The summed E-state index contributed by atoms with van der Waals surface area (Å²) < 4.78 is 0. The molecule has 17 heavy (non-hydrogen) atoms. The van der Waals surface area contributed by atoms with Crippen LogP contribution in [0.1, 0.15) is 5.56 Å². The van der Waals surface area contributed by atoms with Crippen LogP contribution in [0.2, 0.25) is 0 Å². The van der Waals surface area contributed by atoms with E-state index in [0.717, 1.165) is 16.4 Å². The predicted molar refractivity (Wildman–Crippen MR) is 72.1 cm³/mol. The molecule has 84 valence electrons. The number of hydrogen-bond donors (Lipinski definition) is 1. The van der Waals surface area contributed by atoms with Crippen molar-refractivity contribution in [1.29, 1.82) is 0 Å². The maximum Gasteiger partial charge on any atom is 0.140 e. The molecule has 0 radical (unpaired) electrons. The minimum atomic E-state index is 1.04. The molecule has 0 aliphatic carbocycles. The fraction of sp³-hybridized carbons (Fsp3) is 0.0714.